The van der Waals surface area contributed by atoms with Gasteiger partial charge in [-0.3, -0.25) is 14.9 Å². The largest absolute Gasteiger partial charge is 0.311 e. The fraction of sp³-hybridized carbons (Fsp3) is 0.364. The molecule has 1 fully saturated rings. The van der Waals surface area contributed by atoms with E-state index in [1.165, 1.54) is 11.0 Å². The summed E-state index contributed by atoms with van der Waals surface area (Å²) in [4.78, 5) is 22.9. The first-order valence-corrected chi connectivity index (χ1v) is 6.31. The van der Waals surface area contributed by atoms with Gasteiger partial charge >= 0.3 is 5.69 Å². The van der Waals surface area contributed by atoms with Crippen LogP contribution in [-0.2, 0) is 4.79 Å². The second-order valence-electron chi connectivity index (χ2n) is 3.99. The van der Waals surface area contributed by atoms with Gasteiger partial charge in [-0.15, -0.1) is 0 Å². The molecule has 0 radical (unpaired) electrons. The summed E-state index contributed by atoms with van der Waals surface area (Å²) in [6.07, 6.45) is 1.53. The van der Waals surface area contributed by atoms with E-state index in [1.807, 2.05) is 0 Å². The minimum atomic E-state index is -0.899. The molecule has 0 spiro atoms. The molecule has 18 heavy (non-hydrogen) atoms. The highest BCUT2D eigenvalue weighted by Crippen LogP contribution is 2.28. The van der Waals surface area contributed by atoms with Gasteiger partial charge in [0.25, 0.3) is 0 Å². The van der Waals surface area contributed by atoms with Crippen molar-refractivity contribution in [1.29, 1.82) is 0 Å². The van der Waals surface area contributed by atoms with Crippen molar-refractivity contribution >= 4 is 33.2 Å². The first-order chi connectivity index (χ1) is 8.50. The summed E-state index contributed by atoms with van der Waals surface area (Å²) in [6.45, 7) is 0.490. The second kappa shape index (κ2) is 5.01. The standard InChI is InChI=1S/C11H10BrFN2O3/c12-8-2-1-5-14(11(8)16)7-3-4-9(13)10(6-7)15(17)18/h3-4,6,8H,1-2,5H2. The smallest absolute Gasteiger partial charge is 0.306 e. The van der Waals surface area contributed by atoms with Crippen molar-refractivity contribution in [1.82, 2.24) is 0 Å². The Morgan fingerprint density at radius 2 is 2.22 bits per heavy atom. The monoisotopic (exact) mass is 316 g/mol. The fourth-order valence-electron chi connectivity index (χ4n) is 1.90. The molecule has 7 heteroatoms. The van der Waals surface area contributed by atoms with Crippen LogP contribution in [0.4, 0.5) is 15.8 Å². The van der Waals surface area contributed by atoms with Crippen molar-refractivity contribution in [2.75, 3.05) is 11.4 Å². The van der Waals surface area contributed by atoms with Crippen molar-refractivity contribution in [3.05, 3.63) is 34.1 Å². The maximum Gasteiger partial charge on any atom is 0.306 e. The number of alkyl halides is 1. The molecule has 0 N–H and O–H groups in total. The molecule has 1 saturated heterocycles. The number of nitro benzene ring substituents is 1. The number of halogens is 2. The summed E-state index contributed by atoms with van der Waals surface area (Å²) >= 11 is 3.25. The van der Waals surface area contributed by atoms with Gasteiger partial charge in [0.2, 0.25) is 11.7 Å². The number of piperidine rings is 1. The average molecular weight is 317 g/mol. The van der Waals surface area contributed by atoms with Crippen LogP contribution in [0.25, 0.3) is 0 Å². The maximum absolute atomic E-state index is 13.2. The van der Waals surface area contributed by atoms with Gasteiger partial charge in [0.05, 0.1) is 15.4 Å². The lowest BCUT2D eigenvalue weighted by molar-refractivity contribution is -0.387. The highest BCUT2D eigenvalue weighted by atomic mass is 79.9. The molecule has 0 aromatic heterocycles. The van der Waals surface area contributed by atoms with Crippen LogP contribution in [0.5, 0.6) is 0 Å². The number of hydrogen-bond donors (Lipinski definition) is 0. The van der Waals surface area contributed by atoms with Gasteiger partial charge in [0.15, 0.2) is 0 Å². The van der Waals surface area contributed by atoms with Crippen LogP contribution in [0.15, 0.2) is 18.2 Å². The molecule has 1 aromatic rings. The van der Waals surface area contributed by atoms with Crippen LogP contribution in [0, 0.1) is 15.9 Å². The van der Waals surface area contributed by atoms with Crippen molar-refractivity contribution in [2.45, 2.75) is 17.7 Å². The van der Waals surface area contributed by atoms with Crippen LogP contribution < -0.4 is 4.90 Å². The summed E-state index contributed by atoms with van der Waals surface area (Å²) in [6, 6.07) is 3.49. The van der Waals surface area contributed by atoms with Gasteiger partial charge in [-0.05, 0) is 25.0 Å². The van der Waals surface area contributed by atoms with Crippen molar-refractivity contribution < 1.29 is 14.1 Å². The Morgan fingerprint density at radius 1 is 1.50 bits per heavy atom. The van der Waals surface area contributed by atoms with Crippen molar-refractivity contribution in [3.63, 3.8) is 0 Å². The molecular weight excluding hydrogens is 307 g/mol. The number of anilines is 1. The van der Waals surface area contributed by atoms with E-state index in [9.17, 15) is 19.3 Å². The van der Waals surface area contributed by atoms with E-state index < -0.39 is 16.4 Å². The molecule has 0 aliphatic carbocycles. The number of nitro groups is 1. The highest BCUT2D eigenvalue weighted by molar-refractivity contribution is 9.10. The zero-order valence-electron chi connectivity index (χ0n) is 9.31. The molecule has 1 amide bonds. The summed E-state index contributed by atoms with van der Waals surface area (Å²) in [7, 11) is 0. The van der Waals surface area contributed by atoms with E-state index >= 15 is 0 Å². The predicted octanol–water partition coefficient (Wildman–Crippen LogP) is 2.62. The third-order valence-corrected chi connectivity index (χ3v) is 3.66. The van der Waals surface area contributed by atoms with Crippen LogP contribution in [0.1, 0.15) is 12.8 Å². The zero-order chi connectivity index (χ0) is 13.3. The minimum Gasteiger partial charge on any atom is -0.311 e. The molecule has 0 saturated carbocycles. The summed E-state index contributed by atoms with van der Waals surface area (Å²) in [5.41, 5.74) is -0.255. The molecule has 96 valence electrons. The Bertz CT molecular complexity index is 509. The van der Waals surface area contributed by atoms with Gasteiger partial charge in [0, 0.05) is 12.6 Å². The Labute approximate surface area is 111 Å². The van der Waals surface area contributed by atoms with Crippen LogP contribution in [0.3, 0.4) is 0 Å². The molecule has 1 aliphatic heterocycles. The summed E-state index contributed by atoms with van der Waals surface area (Å²) in [5.74, 6) is -1.05. The Balaban J connectivity index is 2.36. The topological polar surface area (TPSA) is 63.5 Å². The number of hydrogen-bond acceptors (Lipinski definition) is 3. The molecule has 2 rings (SSSR count). The fourth-order valence-corrected chi connectivity index (χ4v) is 2.47. The van der Waals surface area contributed by atoms with Crippen LogP contribution in [0.2, 0.25) is 0 Å². The quantitative estimate of drug-likeness (QED) is 0.478. The average Bonchev–Trinajstić information content (AvgIpc) is 2.33. The lowest BCUT2D eigenvalue weighted by Gasteiger charge is -2.29. The second-order valence-corrected chi connectivity index (χ2v) is 5.10. The van der Waals surface area contributed by atoms with Crippen LogP contribution in [-0.4, -0.2) is 22.2 Å². The minimum absolute atomic E-state index is 0.151. The highest BCUT2D eigenvalue weighted by Gasteiger charge is 2.29. The maximum atomic E-state index is 13.2. The van der Waals surface area contributed by atoms with E-state index in [1.54, 1.807) is 0 Å². The Kier molecular flexibility index (Phi) is 3.60. The number of carbonyl (C=O) groups excluding carboxylic acids is 1. The van der Waals surface area contributed by atoms with Crippen molar-refractivity contribution in [3.8, 4) is 0 Å². The molecule has 1 heterocycles. The van der Waals surface area contributed by atoms with Gasteiger partial charge < -0.3 is 4.90 Å². The number of carbonyl (C=O) groups is 1. The predicted molar refractivity (Wildman–Crippen MR) is 67.4 cm³/mol. The molecule has 5 nitrogen and oxygen atoms in total. The number of nitrogens with zero attached hydrogens (tertiary/aromatic N) is 2. The van der Waals surface area contributed by atoms with Gasteiger partial charge in [-0.2, -0.15) is 4.39 Å². The summed E-state index contributed by atoms with van der Waals surface area (Å²) < 4.78 is 13.2. The Hall–Kier alpha value is -1.50. The van der Waals surface area contributed by atoms with E-state index in [-0.39, 0.29) is 10.7 Å². The first-order valence-electron chi connectivity index (χ1n) is 5.40. The molecule has 1 unspecified atom stereocenters. The molecular formula is C11H10BrFN2O3. The SMILES string of the molecule is O=C1C(Br)CCCN1c1ccc(F)c([N+](=O)[O-])c1. The summed E-state index contributed by atoms with van der Waals surface area (Å²) in [5, 5.41) is 10.7. The molecule has 1 aromatic carbocycles. The van der Waals surface area contributed by atoms with Crippen molar-refractivity contribution in [2.24, 2.45) is 0 Å². The lowest BCUT2D eigenvalue weighted by Crippen LogP contribution is -2.41. The normalized spacial score (nSPS) is 20.0. The lowest BCUT2D eigenvalue weighted by atomic mass is 10.1. The van der Waals surface area contributed by atoms with Gasteiger partial charge in [-0.1, -0.05) is 15.9 Å². The van der Waals surface area contributed by atoms with E-state index in [0.29, 0.717) is 12.2 Å². The number of amides is 1. The third-order valence-electron chi connectivity index (χ3n) is 2.81. The van der Waals surface area contributed by atoms with Gasteiger partial charge in [-0.25, -0.2) is 0 Å². The van der Waals surface area contributed by atoms with E-state index in [2.05, 4.69) is 15.9 Å². The van der Waals surface area contributed by atoms with Gasteiger partial charge in [0.1, 0.15) is 0 Å². The zero-order valence-corrected chi connectivity index (χ0v) is 10.9. The van der Waals surface area contributed by atoms with E-state index in [0.717, 1.165) is 25.0 Å². The molecule has 0 bridgehead atoms. The third kappa shape index (κ3) is 2.35. The number of rotatable bonds is 2. The first kappa shape index (κ1) is 12.9. The van der Waals surface area contributed by atoms with Crippen LogP contribution >= 0.6 is 15.9 Å². The number of benzene rings is 1. The molecule has 1 atom stereocenters. The van der Waals surface area contributed by atoms with E-state index in [4.69, 9.17) is 0 Å². The molecule has 1 aliphatic rings. The Morgan fingerprint density at radius 3 is 2.89 bits per heavy atom.